The molecule has 6 nitrogen and oxygen atoms in total. The van der Waals surface area contributed by atoms with E-state index >= 15 is 0 Å². The predicted molar refractivity (Wildman–Crippen MR) is 104 cm³/mol. The van der Waals surface area contributed by atoms with Gasteiger partial charge in [-0.2, -0.15) is 5.26 Å². The number of carbonyl (C=O) groups is 1. The maximum Gasteiger partial charge on any atom is 0.257 e. The Balaban J connectivity index is 1.85. The van der Waals surface area contributed by atoms with Crippen LogP contribution in [0.5, 0.6) is 0 Å². The lowest BCUT2D eigenvalue weighted by atomic mass is 10.1. The molecule has 0 saturated heterocycles. The van der Waals surface area contributed by atoms with Crippen molar-refractivity contribution in [2.24, 2.45) is 0 Å². The van der Waals surface area contributed by atoms with Crippen molar-refractivity contribution in [3.8, 4) is 6.07 Å². The molecule has 2 N–H and O–H groups in total. The van der Waals surface area contributed by atoms with Gasteiger partial charge in [-0.25, -0.2) is 13.1 Å². The Morgan fingerprint density at radius 2 is 1.81 bits per heavy atom. The van der Waals surface area contributed by atoms with Crippen molar-refractivity contribution in [2.45, 2.75) is 30.2 Å². The average molecular weight is 424 g/mol. The van der Waals surface area contributed by atoms with E-state index in [1.165, 1.54) is 12.1 Å². The van der Waals surface area contributed by atoms with Gasteiger partial charge in [-0.1, -0.05) is 35.3 Å². The van der Waals surface area contributed by atoms with Crippen LogP contribution in [0.15, 0.2) is 41.3 Å². The van der Waals surface area contributed by atoms with Crippen LogP contribution in [-0.2, 0) is 16.4 Å². The zero-order chi connectivity index (χ0) is 19.6. The van der Waals surface area contributed by atoms with Crippen molar-refractivity contribution in [3.63, 3.8) is 0 Å². The third kappa shape index (κ3) is 4.79. The van der Waals surface area contributed by atoms with Gasteiger partial charge in [0.05, 0.1) is 28.1 Å². The van der Waals surface area contributed by atoms with Crippen LogP contribution in [-0.4, -0.2) is 20.4 Å². The molecule has 0 aliphatic heterocycles. The van der Waals surface area contributed by atoms with Crippen molar-refractivity contribution in [1.82, 2.24) is 4.72 Å². The first-order chi connectivity index (χ1) is 12.8. The van der Waals surface area contributed by atoms with Gasteiger partial charge in [-0.05, 0) is 42.7 Å². The number of halogens is 2. The molecule has 3 rings (SSSR count). The molecule has 1 aliphatic carbocycles. The quantitative estimate of drug-likeness (QED) is 0.738. The van der Waals surface area contributed by atoms with Gasteiger partial charge in [0.1, 0.15) is 4.90 Å². The van der Waals surface area contributed by atoms with Gasteiger partial charge in [0.2, 0.25) is 10.0 Å². The summed E-state index contributed by atoms with van der Waals surface area (Å²) < 4.78 is 27.4. The number of amides is 1. The lowest BCUT2D eigenvalue weighted by Crippen LogP contribution is -2.26. The third-order valence-electron chi connectivity index (χ3n) is 3.95. The van der Waals surface area contributed by atoms with Crippen molar-refractivity contribution >= 4 is 44.8 Å². The second-order valence-electron chi connectivity index (χ2n) is 6.14. The van der Waals surface area contributed by atoms with Crippen LogP contribution >= 0.6 is 23.2 Å². The van der Waals surface area contributed by atoms with Crippen LogP contribution in [0.25, 0.3) is 0 Å². The van der Waals surface area contributed by atoms with Crippen LogP contribution < -0.4 is 10.0 Å². The number of sulfonamides is 1. The molecule has 0 heterocycles. The maximum atomic E-state index is 12.6. The number of nitrogens with zero attached hydrogens (tertiary/aromatic N) is 1. The van der Waals surface area contributed by atoms with Crippen molar-refractivity contribution in [3.05, 3.63) is 57.6 Å². The van der Waals surface area contributed by atoms with E-state index in [-0.39, 0.29) is 33.0 Å². The fourth-order valence-electron chi connectivity index (χ4n) is 2.39. The molecule has 140 valence electrons. The average Bonchev–Trinajstić information content (AvgIpc) is 3.39. The van der Waals surface area contributed by atoms with Crippen molar-refractivity contribution in [1.29, 1.82) is 5.26 Å². The summed E-state index contributed by atoms with van der Waals surface area (Å²) in [5, 5.41) is 11.3. The molecule has 2 aromatic rings. The molecule has 0 bridgehead atoms. The largest absolute Gasteiger partial charge is 0.322 e. The Hall–Kier alpha value is -2.11. The highest BCUT2D eigenvalue weighted by atomic mass is 35.5. The van der Waals surface area contributed by atoms with Crippen LogP contribution in [0, 0.1) is 11.3 Å². The van der Waals surface area contributed by atoms with E-state index < -0.39 is 15.9 Å². The first-order valence-corrected chi connectivity index (χ1v) is 10.3. The summed E-state index contributed by atoms with van der Waals surface area (Å²) in [5.41, 5.74) is 1.31. The number of anilines is 1. The van der Waals surface area contributed by atoms with Crippen molar-refractivity contribution in [2.75, 3.05) is 5.32 Å². The first-order valence-electron chi connectivity index (χ1n) is 8.09. The number of hydrogen-bond donors (Lipinski definition) is 2. The summed E-state index contributed by atoms with van der Waals surface area (Å²) in [6, 6.07) is 11.1. The smallest absolute Gasteiger partial charge is 0.257 e. The Kier molecular flexibility index (Phi) is 5.72. The lowest BCUT2D eigenvalue weighted by molar-refractivity contribution is 0.102. The molecule has 1 aliphatic rings. The SMILES string of the molecule is N#CCc1ccc(NC(=O)c2cc(S(=O)(=O)NC3CC3)c(Cl)cc2Cl)cc1. The lowest BCUT2D eigenvalue weighted by Gasteiger charge is -2.12. The fraction of sp³-hybridized carbons (Fsp3) is 0.222. The second-order valence-corrected chi connectivity index (χ2v) is 8.64. The number of nitriles is 1. The van der Waals surface area contributed by atoms with E-state index in [2.05, 4.69) is 10.0 Å². The van der Waals surface area contributed by atoms with Crippen LogP contribution in [0.3, 0.4) is 0 Å². The van der Waals surface area contributed by atoms with E-state index in [1.54, 1.807) is 24.3 Å². The zero-order valence-corrected chi connectivity index (χ0v) is 16.3. The highest BCUT2D eigenvalue weighted by molar-refractivity contribution is 7.89. The molecule has 27 heavy (non-hydrogen) atoms. The van der Waals surface area contributed by atoms with Gasteiger partial charge in [0.15, 0.2) is 0 Å². The summed E-state index contributed by atoms with van der Waals surface area (Å²) in [6.45, 7) is 0. The molecular formula is C18H15Cl2N3O3S. The summed E-state index contributed by atoms with van der Waals surface area (Å²) in [7, 11) is -3.84. The molecular weight excluding hydrogens is 409 g/mol. The normalized spacial score (nSPS) is 13.8. The molecule has 0 atom stereocenters. The van der Waals surface area contributed by atoms with E-state index in [9.17, 15) is 13.2 Å². The van der Waals surface area contributed by atoms with Gasteiger partial charge in [0.25, 0.3) is 5.91 Å². The van der Waals surface area contributed by atoms with Crippen LogP contribution in [0.2, 0.25) is 10.0 Å². The molecule has 0 spiro atoms. The van der Waals surface area contributed by atoms with Crippen molar-refractivity contribution < 1.29 is 13.2 Å². The Morgan fingerprint density at radius 3 is 2.41 bits per heavy atom. The number of nitrogens with one attached hydrogen (secondary N) is 2. The summed E-state index contributed by atoms with van der Waals surface area (Å²) in [6.07, 6.45) is 1.83. The molecule has 2 aromatic carbocycles. The second kappa shape index (κ2) is 7.87. The molecule has 9 heteroatoms. The van der Waals surface area contributed by atoms with Gasteiger partial charge in [-0.15, -0.1) is 0 Å². The summed E-state index contributed by atoms with van der Waals surface area (Å²) >= 11 is 12.1. The Morgan fingerprint density at radius 1 is 1.15 bits per heavy atom. The number of benzene rings is 2. The first kappa shape index (κ1) is 19.6. The van der Waals surface area contributed by atoms with Crippen LogP contribution in [0.1, 0.15) is 28.8 Å². The number of rotatable bonds is 6. The molecule has 1 amide bonds. The predicted octanol–water partition coefficient (Wildman–Crippen LogP) is 3.75. The molecule has 1 fully saturated rings. The topological polar surface area (TPSA) is 99.1 Å². The van der Waals surface area contributed by atoms with E-state index in [1.807, 2.05) is 6.07 Å². The number of hydrogen-bond acceptors (Lipinski definition) is 4. The minimum atomic E-state index is -3.84. The number of carbonyl (C=O) groups excluding carboxylic acids is 1. The Labute approximate surface area is 167 Å². The zero-order valence-electron chi connectivity index (χ0n) is 14.0. The third-order valence-corrected chi connectivity index (χ3v) is 6.25. The van der Waals surface area contributed by atoms with Gasteiger partial charge in [0, 0.05) is 11.7 Å². The highest BCUT2D eigenvalue weighted by Crippen LogP contribution is 2.31. The fourth-order valence-corrected chi connectivity index (χ4v) is 4.55. The summed E-state index contributed by atoms with van der Waals surface area (Å²) in [5.74, 6) is -0.562. The van der Waals surface area contributed by atoms with Gasteiger partial charge < -0.3 is 5.32 Å². The van der Waals surface area contributed by atoms with Gasteiger partial charge >= 0.3 is 0 Å². The van der Waals surface area contributed by atoms with Crippen LogP contribution in [0.4, 0.5) is 5.69 Å². The molecule has 0 unspecified atom stereocenters. The highest BCUT2D eigenvalue weighted by Gasteiger charge is 2.30. The minimum Gasteiger partial charge on any atom is -0.322 e. The monoisotopic (exact) mass is 423 g/mol. The molecule has 1 saturated carbocycles. The molecule has 0 aromatic heterocycles. The molecule has 0 radical (unpaired) electrons. The van der Waals surface area contributed by atoms with E-state index in [4.69, 9.17) is 28.5 Å². The van der Waals surface area contributed by atoms with E-state index in [0.717, 1.165) is 18.4 Å². The standard InChI is InChI=1S/C18H15Cl2N3O3S/c19-15-10-16(20)17(27(25,26)23-13-5-6-13)9-14(15)18(24)22-12-3-1-11(2-4-12)7-8-21/h1-4,9-10,13,23H,5-7H2,(H,22,24). The van der Waals surface area contributed by atoms with Gasteiger partial charge in [-0.3, -0.25) is 4.79 Å². The van der Waals surface area contributed by atoms with E-state index in [0.29, 0.717) is 5.69 Å². The summed E-state index contributed by atoms with van der Waals surface area (Å²) in [4.78, 5) is 12.4. The maximum absolute atomic E-state index is 12.6. The Bertz CT molecular complexity index is 1030. The minimum absolute atomic E-state index is 0.00154.